The summed E-state index contributed by atoms with van der Waals surface area (Å²) in [6, 6.07) is 5.36. The van der Waals surface area contributed by atoms with Crippen molar-refractivity contribution >= 4 is 11.9 Å². The van der Waals surface area contributed by atoms with Gasteiger partial charge in [-0.3, -0.25) is 9.59 Å². The maximum atomic E-state index is 12.7. The summed E-state index contributed by atoms with van der Waals surface area (Å²) in [7, 11) is 0. The Labute approximate surface area is 228 Å². The highest BCUT2D eigenvalue weighted by molar-refractivity contribution is 5.75. The molecule has 0 spiro atoms. The van der Waals surface area contributed by atoms with Crippen LogP contribution < -0.4 is 21.9 Å². The van der Waals surface area contributed by atoms with Crippen LogP contribution in [-0.4, -0.2) is 48.4 Å². The van der Waals surface area contributed by atoms with E-state index in [4.69, 9.17) is 26.7 Å². The minimum atomic E-state index is -0.614. The molecule has 7 N–H and O–H groups in total. The van der Waals surface area contributed by atoms with Crippen LogP contribution in [0, 0.1) is 17.3 Å². The fourth-order valence-electron chi connectivity index (χ4n) is 6.63. The van der Waals surface area contributed by atoms with Gasteiger partial charge < -0.3 is 31.8 Å². The summed E-state index contributed by atoms with van der Waals surface area (Å²) < 4.78 is 11.7. The summed E-state index contributed by atoms with van der Waals surface area (Å²) in [6.45, 7) is 4.87. The summed E-state index contributed by atoms with van der Waals surface area (Å²) in [6.07, 6.45) is 9.61. The zero-order valence-corrected chi connectivity index (χ0v) is 23.3. The van der Waals surface area contributed by atoms with Crippen molar-refractivity contribution in [3.63, 3.8) is 0 Å². The van der Waals surface area contributed by atoms with Crippen LogP contribution in [0.4, 0.5) is 0 Å². The van der Waals surface area contributed by atoms with Gasteiger partial charge in [-0.1, -0.05) is 45.2 Å². The fourth-order valence-corrected chi connectivity index (χ4v) is 6.63. The van der Waals surface area contributed by atoms with Crippen molar-refractivity contribution in [2.45, 2.75) is 109 Å². The molecule has 214 valence electrons. The maximum Gasteiger partial charge on any atom is 0.323 e. The van der Waals surface area contributed by atoms with Crippen LogP contribution in [0.5, 0.6) is 5.75 Å². The van der Waals surface area contributed by atoms with Crippen LogP contribution in [0.3, 0.4) is 0 Å². The topological polar surface area (TPSA) is 151 Å². The Bertz CT molecular complexity index is 925. The number of ether oxygens (including phenoxy) is 2. The van der Waals surface area contributed by atoms with Crippen LogP contribution in [0.1, 0.15) is 89.2 Å². The minimum absolute atomic E-state index is 0.0665. The molecule has 6 atom stereocenters. The molecule has 0 radical (unpaired) electrons. The van der Waals surface area contributed by atoms with E-state index >= 15 is 0 Å². The molecule has 1 saturated carbocycles. The highest BCUT2D eigenvalue weighted by Gasteiger charge is 2.52. The Balaban J connectivity index is 1.67. The van der Waals surface area contributed by atoms with Crippen molar-refractivity contribution in [2.75, 3.05) is 13.2 Å². The molecule has 8 heteroatoms. The number of rotatable bonds is 16. The number of carbonyl (C=O) groups excluding carboxylic acids is 2. The Morgan fingerprint density at radius 3 is 2.63 bits per heavy atom. The summed E-state index contributed by atoms with van der Waals surface area (Å²) in [4.78, 5) is 24.0. The normalized spacial score (nSPS) is 25.8. The second-order valence-corrected chi connectivity index (χ2v) is 11.7. The first-order valence-corrected chi connectivity index (χ1v) is 14.5. The number of fused-ring (bicyclic) bond motifs is 2. The van der Waals surface area contributed by atoms with Gasteiger partial charge in [-0.2, -0.15) is 0 Å². The SMILES string of the molecule is CCCCC[C@@H](CC[C@H]1[C@H](O)C[C@]2(C)Cc3c(cccc3OCC(N)=O)C[C@H]12)OC(=O)C(N)CCCCN. The Kier molecular flexibility index (Phi) is 11.4. The molecule has 2 aliphatic carbocycles. The van der Waals surface area contributed by atoms with Crippen molar-refractivity contribution in [1.82, 2.24) is 0 Å². The predicted molar refractivity (Wildman–Crippen MR) is 148 cm³/mol. The van der Waals surface area contributed by atoms with E-state index < -0.39 is 18.1 Å². The van der Waals surface area contributed by atoms with E-state index in [2.05, 4.69) is 19.9 Å². The van der Waals surface area contributed by atoms with Gasteiger partial charge in [0.1, 0.15) is 17.9 Å². The predicted octanol–water partition coefficient (Wildman–Crippen LogP) is 3.38. The van der Waals surface area contributed by atoms with Gasteiger partial charge in [0.2, 0.25) is 0 Å². The average molecular weight is 532 g/mol. The van der Waals surface area contributed by atoms with Gasteiger partial charge in [-0.15, -0.1) is 0 Å². The molecule has 8 nitrogen and oxygen atoms in total. The molecule has 2 aliphatic rings. The molecular formula is C30H49N3O5. The van der Waals surface area contributed by atoms with Gasteiger partial charge in [0.25, 0.3) is 5.91 Å². The molecular weight excluding hydrogens is 482 g/mol. The van der Waals surface area contributed by atoms with Crippen molar-refractivity contribution in [1.29, 1.82) is 0 Å². The molecule has 3 rings (SSSR count). The third-order valence-electron chi connectivity index (χ3n) is 8.71. The molecule has 1 fully saturated rings. The molecule has 1 aromatic rings. The van der Waals surface area contributed by atoms with Crippen molar-refractivity contribution < 1.29 is 24.2 Å². The number of esters is 1. The molecule has 0 aliphatic heterocycles. The molecule has 0 saturated heterocycles. The fraction of sp³-hybridized carbons (Fsp3) is 0.733. The lowest BCUT2D eigenvalue weighted by molar-refractivity contribution is -0.152. The zero-order valence-electron chi connectivity index (χ0n) is 23.3. The Hall–Kier alpha value is -2.16. The number of aliphatic hydroxyl groups is 1. The van der Waals surface area contributed by atoms with Gasteiger partial charge in [0, 0.05) is 0 Å². The lowest BCUT2D eigenvalue weighted by Gasteiger charge is -2.40. The summed E-state index contributed by atoms with van der Waals surface area (Å²) in [5.74, 6) is 0.348. The Morgan fingerprint density at radius 1 is 1.16 bits per heavy atom. The number of hydrogen-bond donors (Lipinski definition) is 4. The van der Waals surface area contributed by atoms with Crippen LogP contribution >= 0.6 is 0 Å². The standard InChI is InChI=1S/C30H49N3O5/c1-3-4-5-10-21(38-29(36)25(32)11-6-7-15-31)13-14-22-24-16-20-9-8-12-27(37-19-28(33)35)23(20)17-30(24,2)18-26(22)34/h8-9,12,21-22,24-26,34H,3-7,10-11,13-19,31-32H2,1-2H3,(H2,33,35)/t21-,22+,24+,25?,26+,30-/m0/s1. The van der Waals surface area contributed by atoms with E-state index in [0.717, 1.165) is 76.2 Å². The van der Waals surface area contributed by atoms with E-state index in [0.29, 0.717) is 24.6 Å². The van der Waals surface area contributed by atoms with Crippen molar-refractivity contribution in [3.05, 3.63) is 29.3 Å². The molecule has 1 aromatic carbocycles. The molecule has 1 amide bonds. The molecule has 0 bridgehead atoms. The van der Waals surface area contributed by atoms with E-state index in [-0.39, 0.29) is 30.0 Å². The number of nitrogens with two attached hydrogens (primary N) is 3. The first-order valence-electron chi connectivity index (χ1n) is 14.5. The molecule has 0 aromatic heterocycles. The average Bonchev–Trinajstić information content (AvgIpc) is 3.12. The van der Waals surface area contributed by atoms with Gasteiger partial charge in [-0.25, -0.2) is 0 Å². The van der Waals surface area contributed by atoms with Gasteiger partial charge in [-0.05, 0) is 98.8 Å². The highest BCUT2D eigenvalue weighted by Crippen LogP contribution is 2.56. The Morgan fingerprint density at radius 2 is 1.92 bits per heavy atom. The van der Waals surface area contributed by atoms with Gasteiger partial charge in [0.05, 0.1) is 6.10 Å². The largest absolute Gasteiger partial charge is 0.483 e. The van der Waals surface area contributed by atoms with Crippen LogP contribution in [-0.2, 0) is 27.2 Å². The summed E-state index contributed by atoms with van der Waals surface area (Å²) in [5.41, 5.74) is 19.2. The number of aliphatic hydroxyl groups excluding tert-OH is 1. The van der Waals surface area contributed by atoms with Crippen molar-refractivity contribution in [2.24, 2.45) is 34.5 Å². The lowest BCUT2D eigenvalue weighted by atomic mass is 9.65. The molecule has 0 heterocycles. The number of carbonyl (C=O) groups is 2. The van der Waals surface area contributed by atoms with Crippen LogP contribution in [0.2, 0.25) is 0 Å². The quantitative estimate of drug-likeness (QED) is 0.189. The van der Waals surface area contributed by atoms with Crippen molar-refractivity contribution in [3.8, 4) is 5.75 Å². The number of unbranched alkanes of at least 4 members (excludes halogenated alkanes) is 3. The molecule has 1 unspecified atom stereocenters. The smallest absolute Gasteiger partial charge is 0.323 e. The van der Waals surface area contributed by atoms with E-state index in [1.807, 2.05) is 12.1 Å². The number of benzene rings is 1. The lowest BCUT2D eigenvalue weighted by Crippen LogP contribution is -2.36. The molecule has 38 heavy (non-hydrogen) atoms. The summed E-state index contributed by atoms with van der Waals surface area (Å²) in [5, 5.41) is 11.2. The number of hydrogen-bond acceptors (Lipinski definition) is 7. The number of amides is 1. The minimum Gasteiger partial charge on any atom is -0.483 e. The van der Waals surface area contributed by atoms with E-state index in [9.17, 15) is 14.7 Å². The maximum absolute atomic E-state index is 12.7. The highest BCUT2D eigenvalue weighted by atomic mass is 16.5. The summed E-state index contributed by atoms with van der Waals surface area (Å²) >= 11 is 0. The van der Waals surface area contributed by atoms with Gasteiger partial charge in [0.15, 0.2) is 6.61 Å². The monoisotopic (exact) mass is 531 g/mol. The third kappa shape index (κ3) is 7.93. The van der Waals surface area contributed by atoms with Gasteiger partial charge >= 0.3 is 5.97 Å². The first-order chi connectivity index (χ1) is 18.2. The second kappa shape index (κ2) is 14.3. The second-order valence-electron chi connectivity index (χ2n) is 11.7. The van der Waals surface area contributed by atoms with E-state index in [1.54, 1.807) is 0 Å². The van der Waals surface area contributed by atoms with Crippen LogP contribution in [0.25, 0.3) is 0 Å². The number of primary amides is 1. The van der Waals surface area contributed by atoms with E-state index in [1.165, 1.54) is 5.56 Å². The third-order valence-corrected chi connectivity index (χ3v) is 8.71. The zero-order chi connectivity index (χ0) is 27.7. The first kappa shape index (κ1) is 30.4. The van der Waals surface area contributed by atoms with Crippen LogP contribution in [0.15, 0.2) is 18.2 Å².